The maximum absolute atomic E-state index is 12.1. The fourth-order valence-electron chi connectivity index (χ4n) is 2.19. The number of ether oxygens (including phenoxy) is 1. The van der Waals surface area contributed by atoms with Gasteiger partial charge in [0.2, 0.25) is 6.19 Å². The molecule has 1 aromatic carbocycles. The molecule has 1 fully saturated rings. The maximum Gasteiger partial charge on any atom is 0.260 e. The molecule has 2 rings (SSSR count). The van der Waals surface area contributed by atoms with Crippen LogP contribution in [0.15, 0.2) is 35.3 Å². The molecule has 0 atom stereocenters. The highest BCUT2D eigenvalue weighted by Gasteiger charge is 2.23. The minimum absolute atomic E-state index is 0.0218. The van der Waals surface area contributed by atoms with Crippen molar-refractivity contribution in [2.24, 2.45) is 4.99 Å². The van der Waals surface area contributed by atoms with E-state index in [-0.39, 0.29) is 12.5 Å². The van der Waals surface area contributed by atoms with Crippen LogP contribution in [0.3, 0.4) is 0 Å². The number of nitrogens with zero attached hydrogens (tertiary/aromatic N) is 4. The summed E-state index contributed by atoms with van der Waals surface area (Å²) >= 11 is 1.44. The Kier molecular flexibility index (Phi) is 6.10. The Balaban J connectivity index is 1.80. The fourth-order valence-corrected chi connectivity index (χ4v) is 2.76. The summed E-state index contributed by atoms with van der Waals surface area (Å²) in [4.78, 5) is 19.7. The first-order valence-electron chi connectivity index (χ1n) is 6.96. The van der Waals surface area contributed by atoms with Crippen LogP contribution in [0, 0.1) is 11.5 Å². The molecule has 0 saturated carbocycles. The van der Waals surface area contributed by atoms with Crippen molar-refractivity contribution in [3.8, 4) is 11.9 Å². The highest BCUT2D eigenvalue weighted by Crippen LogP contribution is 2.11. The first-order chi connectivity index (χ1) is 10.7. The van der Waals surface area contributed by atoms with Gasteiger partial charge in [-0.3, -0.25) is 4.79 Å². The molecule has 0 radical (unpaired) electrons. The topological polar surface area (TPSA) is 68.9 Å². The summed E-state index contributed by atoms with van der Waals surface area (Å²) in [6.07, 6.45) is 3.70. The number of carbonyl (C=O) groups is 1. The van der Waals surface area contributed by atoms with E-state index in [1.54, 1.807) is 4.90 Å². The summed E-state index contributed by atoms with van der Waals surface area (Å²) in [5.41, 5.74) is 0. The maximum atomic E-state index is 12.1. The second-order valence-electron chi connectivity index (χ2n) is 4.67. The van der Waals surface area contributed by atoms with E-state index in [2.05, 4.69) is 4.99 Å². The number of aliphatic imine (C=N–C) groups is 1. The highest BCUT2D eigenvalue weighted by molar-refractivity contribution is 8.13. The van der Waals surface area contributed by atoms with Crippen LogP contribution < -0.4 is 4.74 Å². The van der Waals surface area contributed by atoms with Crippen molar-refractivity contribution in [3.63, 3.8) is 0 Å². The molecule has 1 aliphatic heterocycles. The van der Waals surface area contributed by atoms with Gasteiger partial charge in [-0.25, -0.2) is 0 Å². The van der Waals surface area contributed by atoms with E-state index in [0.717, 1.165) is 0 Å². The summed E-state index contributed by atoms with van der Waals surface area (Å²) in [5, 5.41) is 9.36. The predicted octanol–water partition coefficient (Wildman–Crippen LogP) is 1.41. The van der Waals surface area contributed by atoms with E-state index in [1.165, 1.54) is 11.8 Å². The standard InChI is InChI=1S/C15H18N4O2S/c1-22-15(17-12-16)19-9-7-18(8-10-19)14(20)11-21-13-5-3-2-4-6-13/h2-6H,7-11H2,1H3. The van der Waals surface area contributed by atoms with Crippen LogP contribution in [-0.2, 0) is 4.79 Å². The number of amidine groups is 1. The van der Waals surface area contributed by atoms with Gasteiger partial charge in [-0.05, 0) is 18.4 Å². The average molecular weight is 318 g/mol. The number of nitriles is 1. The molecule has 1 saturated heterocycles. The molecule has 6 nitrogen and oxygen atoms in total. The first-order valence-corrected chi connectivity index (χ1v) is 8.18. The van der Waals surface area contributed by atoms with Crippen LogP contribution in [0.5, 0.6) is 5.75 Å². The Labute approximate surface area is 134 Å². The highest BCUT2D eigenvalue weighted by atomic mass is 32.2. The van der Waals surface area contributed by atoms with E-state index in [4.69, 9.17) is 10.00 Å². The summed E-state index contributed by atoms with van der Waals surface area (Å²) in [5.74, 6) is 0.673. The second-order valence-corrected chi connectivity index (χ2v) is 5.44. The SMILES string of the molecule is CSC(=NC#N)N1CCN(C(=O)COc2ccccc2)CC1. The van der Waals surface area contributed by atoms with Crippen molar-refractivity contribution in [1.82, 2.24) is 9.80 Å². The van der Waals surface area contributed by atoms with Crippen LogP contribution >= 0.6 is 11.8 Å². The van der Waals surface area contributed by atoms with E-state index in [9.17, 15) is 4.79 Å². The molecule has 1 amide bonds. The molecular formula is C15H18N4O2S. The molecular weight excluding hydrogens is 300 g/mol. The van der Waals surface area contributed by atoms with Gasteiger partial charge in [0.15, 0.2) is 11.8 Å². The minimum atomic E-state index is -0.0218. The summed E-state index contributed by atoms with van der Waals surface area (Å²) < 4.78 is 5.48. The lowest BCUT2D eigenvalue weighted by Gasteiger charge is -2.35. The third kappa shape index (κ3) is 4.40. The van der Waals surface area contributed by atoms with Crippen LogP contribution in [-0.4, -0.2) is 59.9 Å². The largest absolute Gasteiger partial charge is 0.484 e. The second kappa shape index (κ2) is 8.29. The molecule has 0 aliphatic carbocycles. The first kappa shape index (κ1) is 16.2. The van der Waals surface area contributed by atoms with E-state index in [1.807, 2.05) is 47.7 Å². The van der Waals surface area contributed by atoms with Crippen molar-refractivity contribution in [2.75, 3.05) is 39.0 Å². The Morgan fingerprint density at radius 1 is 1.27 bits per heavy atom. The number of piperazine rings is 1. The van der Waals surface area contributed by atoms with Gasteiger partial charge in [0.1, 0.15) is 5.75 Å². The monoisotopic (exact) mass is 318 g/mol. The molecule has 1 aliphatic rings. The molecule has 7 heteroatoms. The van der Waals surface area contributed by atoms with Crippen LogP contribution in [0.1, 0.15) is 0 Å². The summed E-state index contributed by atoms with van der Waals surface area (Å²) in [6, 6.07) is 9.30. The smallest absolute Gasteiger partial charge is 0.260 e. The predicted molar refractivity (Wildman–Crippen MR) is 86.7 cm³/mol. The normalized spacial score (nSPS) is 15.4. The third-order valence-electron chi connectivity index (χ3n) is 3.34. The number of thioether (sulfide) groups is 1. The van der Waals surface area contributed by atoms with Crippen molar-refractivity contribution >= 4 is 22.8 Å². The Hall–Kier alpha value is -2.20. The molecule has 0 unspecified atom stereocenters. The number of hydrogen-bond donors (Lipinski definition) is 0. The number of para-hydroxylation sites is 1. The average Bonchev–Trinajstić information content (AvgIpc) is 2.58. The molecule has 1 aromatic rings. The van der Waals surface area contributed by atoms with E-state index >= 15 is 0 Å². The molecule has 0 aromatic heterocycles. The van der Waals surface area contributed by atoms with Gasteiger partial charge < -0.3 is 14.5 Å². The number of rotatable bonds is 3. The van der Waals surface area contributed by atoms with E-state index < -0.39 is 0 Å². The fraction of sp³-hybridized carbons (Fsp3) is 0.400. The zero-order chi connectivity index (χ0) is 15.8. The molecule has 0 spiro atoms. The lowest BCUT2D eigenvalue weighted by Crippen LogP contribution is -2.51. The van der Waals surface area contributed by atoms with Gasteiger partial charge in [0.05, 0.1) is 0 Å². The van der Waals surface area contributed by atoms with Gasteiger partial charge in [-0.15, -0.1) is 4.99 Å². The molecule has 0 bridgehead atoms. The number of benzene rings is 1. The summed E-state index contributed by atoms with van der Waals surface area (Å²) in [6.45, 7) is 2.63. The molecule has 116 valence electrons. The van der Waals surface area contributed by atoms with Gasteiger partial charge >= 0.3 is 0 Å². The Bertz CT molecular complexity index is 563. The van der Waals surface area contributed by atoms with Crippen molar-refractivity contribution < 1.29 is 9.53 Å². The molecule has 1 heterocycles. The van der Waals surface area contributed by atoms with Crippen molar-refractivity contribution in [1.29, 1.82) is 5.26 Å². The van der Waals surface area contributed by atoms with Gasteiger partial charge in [0, 0.05) is 26.2 Å². The quantitative estimate of drug-likeness (QED) is 0.479. The third-order valence-corrected chi connectivity index (χ3v) is 4.05. The van der Waals surface area contributed by atoms with Crippen LogP contribution in [0.4, 0.5) is 0 Å². The molecule has 0 N–H and O–H groups in total. The lowest BCUT2D eigenvalue weighted by molar-refractivity contribution is -0.134. The van der Waals surface area contributed by atoms with Gasteiger partial charge in [-0.2, -0.15) is 5.26 Å². The Morgan fingerprint density at radius 2 is 1.91 bits per heavy atom. The van der Waals surface area contributed by atoms with Crippen molar-refractivity contribution in [3.05, 3.63) is 30.3 Å². The number of hydrogen-bond acceptors (Lipinski definition) is 5. The minimum Gasteiger partial charge on any atom is -0.484 e. The number of amides is 1. The van der Waals surface area contributed by atoms with Gasteiger partial charge in [-0.1, -0.05) is 30.0 Å². The number of carbonyl (C=O) groups excluding carboxylic acids is 1. The van der Waals surface area contributed by atoms with E-state index in [0.29, 0.717) is 37.1 Å². The van der Waals surface area contributed by atoms with Crippen LogP contribution in [0.2, 0.25) is 0 Å². The zero-order valence-electron chi connectivity index (χ0n) is 12.4. The molecule has 22 heavy (non-hydrogen) atoms. The zero-order valence-corrected chi connectivity index (χ0v) is 13.3. The lowest BCUT2D eigenvalue weighted by atomic mass is 10.3. The van der Waals surface area contributed by atoms with Crippen molar-refractivity contribution in [2.45, 2.75) is 0 Å². The van der Waals surface area contributed by atoms with Crippen LogP contribution in [0.25, 0.3) is 0 Å². The summed E-state index contributed by atoms with van der Waals surface area (Å²) in [7, 11) is 0. The van der Waals surface area contributed by atoms with Gasteiger partial charge in [0.25, 0.3) is 5.91 Å². The Morgan fingerprint density at radius 3 is 2.50 bits per heavy atom.